The first-order valence-corrected chi connectivity index (χ1v) is 9.90. The van der Waals surface area contributed by atoms with E-state index in [0.717, 1.165) is 22.9 Å². The number of fused-ring (bicyclic) bond motifs is 1. The van der Waals surface area contributed by atoms with E-state index >= 15 is 0 Å². The van der Waals surface area contributed by atoms with Gasteiger partial charge < -0.3 is 20.9 Å². The number of rotatable bonds is 4. The van der Waals surface area contributed by atoms with Gasteiger partial charge in [-0.05, 0) is 35.4 Å². The lowest BCUT2D eigenvalue weighted by molar-refractivity contribution is 0.0592. The van der Waals surface area contributed by atoms with Gasteiger partial charge in [-0.2, -0.15) is 8.75 Å². The van der Waals surface area contributed by atoms with Crippen molar-refractivity contribution in [1.82, 2.24) is 8.75 Å². The second kappa shape index (κ2) is 8.04. The topological polar surface area (TPSA) is 130 Å². The first-order valence-electron chi connectivity index (χ1n) is 9.17. The Morgan fingerprint density at radius 2 is 1.06 bits per heavy atom. The minimum atomic E-state index is -0.426. The number of benzene rings is 3. The molecule has 0 bridgehead atoms. The van der Waals surface area contributed by atoms with E-state index in [1.165, 1.54) is 14.2 Å². The van der Waals surface area contributed by atoms with Crippen LogP contribution in [0.25, 0.3) is 33.3 Å². The summed E-state index contributed by atoms with van der Waals surface area (Å²) in [5.74, 6) is -0.851. The lowest BCUT2D eigenvalue weighted by Gasteiger charge is -2.15. The van der Waals surface area contributed by atoms with E-state index in [2.05, 4.69) is 8.75 Å². The van der Waals surface area contributed by atoms with E-state index in [0.29, 0.717) is 44.7 Å². The number of methoxy groups -OCH3 is 2. The average molecular weight is 434 g/mol. The van der Waals surface area contributed by atoms with Crippen LogP contribution >= 0.6 is 11.7 Å². The van der Waals surface area contributed by atoms with E-state index < -0.39 is 11.9 Å². The third-order valence-corrected chi connectivity index (χ3v) is 5.51. The molecule has 3 aromatic carbocycles. The summed E-state index contributed by atoms with van der Waals surface area (Å²) in [6.45, 7) is 0. The smallest absolute Gasteiger partial charge is 0.337 e. The maximum absolute atomic E-state index is 11.7. The zero-order valence-electron chi connectivity index (χ0n) is 16.7. The van der Waals surface area contributed by atoms with E-state index in [1.54, 1.807) is 48.5 Å². The largest absolute Gasteiger partial charge is 0.465 e. The number of nitrogens with two attached hydrogens (primary N) is 2. The molecule has 0 saturated carbocycles. The van der Waals surface area contributed by atoms with Gasteiger partial charge in [0.2, 0.25) is 0 Å². The quantitative estimate of drug-likeness (QED) is 0.367. The molecule has 8 nitrogen and oxygen atoms in total. The predicted octanol–water partition coefficient (Wildman–Crippen LogP) is 3.76. The highest BCUT2D eigenvalue weighted by Crippen LogP contribution is 2.44. The Balaban J connectivity index is 1.87. The van der Waals surface area contributed by atoms with Crippen LogP contribution in [-0.4, -0.2) is 34.9 Å². The summed E-state index contributed by atoms with van der Waals surface area (Å²) in [5, 5.41) is 0. The van der Waals surface area contributed by atoms with Crippen molar-refractivity contribution in [1.29, 1.82) is 0 Å². The summed E-state index contributed by atoms with van der Waals surface area (Å²) in [5.41, 5.74) is 18.5. The van der Waals surface area contributed by atoms with Gasteiger partial charge in [0.05, 0.1) is 48.4 Å². The summed E-state index contributed by atoms with van der Waals surface area (Å²) in [7, 11) is 2.66. The van der Waals surface area contributed by atoms with Crippen molar-refractivity contribution in [3.8, 4) is 22.3 Å². The first kappa shape index (κ1) is 20.3. The van der Waals surface area contributed by atoms with Crippen LogP contribution in [0.5, 0.6) is 0 Å². The Hall–Kier alpha value is -3.98. The number of ether oxygens (including phenoxy) is 2. The van der Waals surface area contributed by atoms with Crippen LogP contribution in [0.4, 0.5) is 11.4 Å². The van der Waals surface area contributed by atoms with Gasteiger partial charge in [-0.15, -0.1) is 0 Å². The van der Waals surface area contributed by atoms with E-state index in [4.69, 9.17) is 20.9 Å². The molecule has 0 aliphatic rings. The summed E-state index contributed by atoms with van der Waals surface area (Å²) in [6, 6.07) is 13.7. The molecule has 1 aromatic heterocycles. The summed E-state index contributed by atoms with van der Waals surface area (Å²) in [6.07, 6.45) is 0. The van der Waals surface area contributed by atoms with Gasteiger partial charge >= 0.3 is 11.9 Å². The third kappa shape index (κ3) is 3.44. The van der Waals surface area contributed by atoms with E-state index in [-0.39, 0.29) is 0 Å². The van der Waals surface area contributed by atoms with Crippen molar-refractivity contribution in [2.45, 2.75) is 0 Å². The zero-order valence-corrected chi connectivity index (χ0v) is 17.5. The molecule has 31 heavy (non-hydrogen) atoms. The molecule has 1 heterocycles. The number of nitrogen functional groups attached to an aromatic ring is 2. The fourth-order valence-corrected chi connectivity index (χ4v) is 3.97. The molecule has 0 radical (unpaired) electrons. The van der Waals surface area contributed by atoms with Gasteiger partial charge in [-0.3, -0.25) is 0 Å². The van der Waals surface area contributed by atoms with Crippen molar-refractivity contribution < 1.29 is 19.1 Å². The van der Waals surface area contributed by atoms with E-state index in [1.807, 2.05) is 0 Å². The number of anilines is 2. The fourth-order valence-electron chi connectivity index (χ4n) is 3.41. The van der Waals surface area contributed by atoms with Gasteiger partial charge in [0.25, 0.3) is 0 Å². The molecule has 4 rings (SSSR count). The summed E-state index contributed by atoms with van der Waals surface area (Å²) >= 11 is 1.05. The second-order valence-electron chi connectivity index (χ2n) is 6.68. The minimum Gasteiger partial charge on any atom is -0.465 e. The molecule has 0 atom stereocenters. The fraction of sp³-hybridized carbons (Fsp3) is 0.0909. The number of hydrogen-bond acceptors (Lipinski definition) is 9. The van der Waals surface area contributed by atoms with Crippen molar-refractivity contribution in [2.75, 3.05) is 25.7 Å². The molecule has 0 fully saturated rings. The summed E-state index contributed by atoms with van der Waals surface area (Å²) < 4.78 is 18.4. The van der Waals surface area contributed by atoms with Crippen LogP contribution in [0.3, 0.4) is 0 Å². The van der Waals surface area contributed by atoms with Crippen molar-refractivity contribution in [3.63, 3.8) is 0 Å². The standard InChI is InChI=1S/C22H18N4O4S/c1-29-21(27)13-7-3-11(4-8-13)15-17(23)18(24)16(20-19(15)25-31-26-20)12-5-9-14(10-6-12)22(28)30-2/h3-10H,23-24H2,1-2H3. The van der Waals surface area contributed by atoms with Crippen molar-refractivity contribution in [2.24, 2.45) is 0 Å². The first-order chi connectivity index (χ1) is 15.0. The van der Waals surface area contributed by atoms with Crippen LogP contribution in [0.15, 0.2) is 48.5 Å². The highest BCUT2D eigenvalue weighted by Gasteiger charge is 2.22. The Labute approximate surface area is 181 Å². The Bertz CT molecular complexity index is 1200. The SMILES string of the molecule is COC(=O)c1ccc(-c2c(N)c(N)c(-c3ccc(C(=O)OC)cc3)c3nsnc23)cc1. The number of carbonyl (C=O) groups excluding carboxylic acids is 2. The lowest BCUT2D eigenvalue weighted by atomic mass is 9.93. The maximum Gasteiger partial charge on any atom is 0.337 e. The van der Waals surface area contributed by atoms with Gasteiger partial charge in [0, 0.05) is 11.1 Å². The van der Waals surface area contributed by atoms with Gasteiger partial charge in [0.15, 0.2) is 0 Å². The van der Waals surface area contributed by atoms with Crippen LogP contribution in [0.2, 0.25) is 0 Å². The van der Waals surface area contributed by atoms with Crippen LogP contribution < -0.4 is 11.5 Å². The van der Waals surface area contributed by atoms with Crippen LogP contribution in [-0.2, 0) is 9.47 Å². The molecule has 9 heteroatoms. The Morgan fingerprint density at radius 1 is 0.710 bits per heavy atom. The number of carbonyl (C=O) groups is 2. The number of hydrogen-bond donors (Lipinski definition) is 2. The second-order valence-corrected chi connectivity index (χ2v) is 7.21. The zero-order chi connectivity index (χ0) is 22.1. The predicted molar refractivity (Wildman–Crippen MR) is 120 cm³/mol. The van der Waals surface area contributed by atoms with E-state index in [9.17, 15) is 9.59 Å². The minimum absolute atomic E-state index is 0.359. The molecule has 4 N–H and O–H groups in total. The molecule has 4 aromatic rings. The molecule has 156 valence electrons. The number of esters is 2. The maximum atomic E-state index is 11.7. The molecule has 0 saturated heterocycles. The van der Waals surface area contributed by atoms with Gasteiger partial charge in [-0.25, -0.2) is 9.59 Å². The van der Waals surface area contributed by atoms with Crippen LogP contribution in [0, 0.1) is 0 Å². The molecular formula is C22H18N4O4S. The number of aromatic nitrogens is 2. The molecule has 0 unspecified atom stereocenters. The molecule has 0 aliphatic heterocycles. The number of nitrogens with zero attached hydrogens (tertiary/aromatic N) is 2. The molecule has 0 amide bonds. The summed E-state index contributed by atoms with van der Waals surface area (Å²) in [4.78, 5) is 23.4. The third-order valence-electron chi connectivity index (χ3n) is 4.98. The van der Waals surface area contributed by atoms with Crippen molar-refractivity contribution in [3.05, 3.63) is 59.7 Å². The monoisotopic (exact) mass is 434 g/mol. The highest BCUT2D eigenvalue weighted by atomic mass is 32.1. The molecular weight excluding hydrogens is 416 g/mol. The van der Waals surface area contributed by atoms with Crippen LogP contribution in [0.1, 0.15) is 20.7 Å². The van der Waals surface area contributed by atoms with Gasteiger partial charge in [0.1, 0.15) is 11.0 Å². The Kier molecular flexibility index (Phi) is 5.26. The Morgan fingerprint density at radius 3 is 1.39 bits per heavy atom. The lowest BCUT2D eigenvalue weighted by Crippen LogP contribution is -2.04. The average Bonchev–Trinajstić information content (AvgIpc) is 3.28. The molecule has 0 spiro atoms. The van der Waals surface area contributed by atoms with Crippen molar-refractivity contribution >= 4 is 46.1 Å². The van der Waals surface area contributed by atoms with Gasteiger partial charge in [-0.1, -0.05) is 24.3 Å². The highest BCUT2D eigenvalue weighted by molar-refractivity contribution is 7.00. The normalized spacial score (nSPS) is 10.8. The molecule has 0 aliphatic carbocycles.